The molecule has 0 radical (unpaired) electrons. The number of benzene rings is 2. The Morgan fingerprint density at radius 3 is 2.40 bits per heavy atom. The van der Waals surface area contributed by atoms with Gasteiger partial charge in [0.05, 0.1) is 6.54 Å². The summed E-state index contributed by atoms with van der Waals surface area (Å²) in [4.78, 5) is 25.8. The van der Waals surface area contributed by atoms with Crippen molar-refractivity contribution in [2.75, 3.05) is 6.61 Å². The average molecular weight is 512 g/mol. The highest BCUT2D eigenvalue weighted by Gasteiger charge is 2.39. The summed E-state index contributed by atoms with van der Waals surface area (Å²) in [5.41, 5.74) is 1.18. The van der Waals surface area contributed by atoms with Gasteiger partial charge >= 0.3 is 11.9 Å². The smallest absolute Gasteiger partial charge is 0.396 e. The van der Waals surface area contributed by atoms with Gasteiger partial charge in [-0.05, 0) is 54.7 Å². The number of alkyl halides is 3. The third-order valence-corrected chi connectivity index (χ3v) is 5.92. The van der Waals surface area contributed by atoms with Crippen LogP contribution in [0.15, 0.2) is 53.3 Å². The molecule has 2 N–H and O–H groups in total. The number of carbonyl (C=O) groups is 1. The van der Waals surface area contributed by atoms with E-state index >= 15 is 0 Å². The van der Waals surface area contributed by atoms with Crippen LogP contribution in [0.4, 0.5) is 13.2 Å². The van der Waals surface area contributed by atoms with Gasteiger partial charge in [-0.1, -0.05) is 35.9 Å². The van der Waals surface area contributed by atoms with E-state index in [4.69, 9.17) is 11.6 Å². The number of aromatic nitrogens is 3. The first-order valence-corrected chi connectivity index (χ1v) is 11.3. The van der Waals surface area contributed by atoms with Crippen LogP contribution in [0.25, 0.3) is 11.4 Å². The fraction of sp³-hybridized carbons (Fsp3) is 0.375. The van der Waals surface area contributed by atoms with Gasteiger partial charge in [-0.3, -0.25) is 9.36 Å². The summed E-state index contributed by atoms with van der Waals surface area (Å²) in [5, 5.41) is 23.5. The molecular formula is C24H25ClF3N3O4. The Balaban J connectivity index is 1.91. The molecule has 3 rings (SSSR count). The van der Waals surface area contributed by atoms with Crippen LogP contribution in [0.1, 0.15) is 29.9 Å². The molecule has 0 bridgehead atoms. The lowest BCUT2D eigenvalue weighted by molar-refractivity contribution is -0.207. The van der Waals surface area contributed by atoms with E-state index in [-0.39, 0.29) is 30.6 Å². The number of hydrogen-bond donors (Lipinski definition) is 2. The van der Waals surface area contributed by atoms with Gasteiger partial charge in [-0.15, -0.1) is 5.10 Å². The number of halogens is 4. The maximum absolute atomic E-state index is 13.0. The van der Waals surface area contributed by atoms with E-state index in [1.165, 1.54) is 24.3 Å². The van der Waals surface area contributed by atoms with Crippen LogP contribution in [-0.4, -0.2) is 49.2 Å². The van der Waals surface area contributed by atoms with Crippen LogP contribution >= 0.6 is 11.6 Å². The maximum atomic E-state index is 13.0. The van der Waals surface area contributed by atoms with Crippen LogP contribution in [0.5, 0.6) is 0 Å². The summed E-state index contributed by atoms with van der Waals surface area (Å²) in [6.07, 6.45) is -7.41. The number of aliphatic hydroxyl groups excluding tert-OH is 2. The van der Waals surface area contributed by atoms with E-state index in [1.54, 1.807) is 0 Å². The highest BCUT2D eigenvalue weighted by molar-refractivity contribution is 6.30. The Labute approximate surface area is 204 Å². The Bertz CT molecular complexity index is 1220. The number of hydrogen-bond acceptors (Lipinski definition) is 5. The maximum Gasteiger partial charge on any atom is 0.416 e. The second-order valence-electron chi connectivity index (χ2n) is 8.25. The standard InChI is InChI=1S/C24H25ClF3N3O4/c1-15-4-2-3-5-20(15)17(10-11-32)12-19(33)13-31-23(35)30(14-21(34)24(26,27)28)22(29-31)16-6-8-18(25)9-7-16/h2-9,17,21,32,34H,10-14H2,1H3/t17?,21-/m0/s1. The van der Waals surface area contributed by atoms with Crippen LogP contribution in [-0.2, 0) is 17.9 Å². The molecule has 2 atom stereocenters. The second-order valence-corrected chi connectivity index (χ2v) is 8.68. The molecule has 7 nitrogen and oxygen atoms in total. The number of Topliss-reactive ketones (excluding diaryl/α,β-unsaturated/α-hetero) is 1. The van der Waals surface area contributed by atoms with Crippen molar-refractivity contribution in [1.82, 2.24) is 14.3 Å². The quantitative estimate of drug-likeness (QED) is 0.432. The van der Waals surface area contributed by atoms with Crippen molar-refractivity contribution in [3.63, 3.8) is 0 Å². The van der Waals surface area contributed by atoms with Crippen LogP contribution in [0, 0.1) is 6.92 Å². The Morgan fingerprint density at radius 1 is 1.14 bits per heavy atom. The molecule has 2 aromatic carbocycles. The van der Waals surface area contributed by atoms with Crippen molar-refractivity contribution in [2.24, 2.45) is 0 Å². The summed E-state index contributed by atoms with van der Waals surface area (Å²) < 4.78 is 40.5. The van der Waals surface area contributed by atoms with Gasteiger partial charge < -0.3 is 10.2 Å². The molecule has 1 heterocycles. The van der Waals surface area contributed by atoms with Crippen LogP contribution in [0.2, 0.25) is 5.02 Å². The summed E-state index contributed by atoms with van der Waals surface area (Å²) in [6.45, 7) is 0.199. The molecule has 0 amide bonds. The topological polar surface area (TPSA) is 97.3 Å². The predicted molar refractivity (Wildman–Crippen MR) is 124 cm³/mol. The molecule has 188 valence electrons. The van der Waals surface area contributed by atoms with Crippen molar-refractivity contribution < 1.29 is 28.2 Å². The van der Waals surface area contributed by atoms with Crippen molar-refractivity contribution in [3.8, 4) is 11.4 Å². The van der Waals surface area contributed by atoms with E-state index in [9.17, 15) is 33.0 Å². The number of carbonyl (C=O) groups excluding carboxylic acids is 1. The zero-order valence-electron chi connectivity index (χ0n) is 18.9. The lowest BCUT2D eigenvalue weighted by atomic mass is 9.88. The molecule has 0 saturated heterocycles. The minimum absolute atomic E-state index is 0.00612. The number of ketones is 1. The fourth-order valence-corrected chi connectivity index (χ4v) is 4.00. The summed E-state index contributed by atoms with van der Waals surface area (Å²) in [7, 11) is 0. The Hall–Kier alpha value is -2.95. The molecule has 0 aliphatic carbocycles. The molecule has 0 spiro atoms. The molecule has 0 aliphatic rings. The molecule has 0 aliphatic heterocycles. The summed E-state index contributed by atoms with van der Waals surface area (Å²) in [6, 6.07) is 13.4. The molecule has 11 heteroatoms. The molecule has 35 heavy (non-hydrogen) atoms. The second kappa shape index (κ2) is 11.2. The third kappa shape index (κ3) is 6.59. The lowest BCUT2D eigenvalue weighted by Crippen LogP contribution is -2.37. The van der Waals surface area contributed by atoms with Gasteiger partial charge in [0.1, 0.15) is 6.54 Å². The number of aliphatic hydroxyl groups is 2. The van der Waals surface area contributed by atoms with E-state index in [0.717, 1.165) is 15.8 Å². The molecular weight excluding hydrogens is 487 g/mol. The normalized spacial score (nSPS) is 13.6. The highest BCUT2D eigenvalue weighted by atomic mass is 35.5. The minimum atomic E-state index is -4.94. The van der Waals surface area contributed by atoms with Gasteiger partial charge in [-0.2, -0.15) is 13.2 Å². The van der Waals surface area contributed by atoms with Crippen molar-refractivity contribution in [2.45, 2.75) is 51.1 Å². The van der Waals surface area contributed by atoms with Crippen LogP contribution < -0.4 is 5.69 Å². The Morgan fingerprint density at radius 2 is 1.80 bits per heavy atom. The minimum Gasteiger partial charge on any atom is -0.396 e. The van der Waals surface area contributed by atoms with Crippen molar-refractivity contribution in [3.05, 3.63) is 75.2 Å². The molecule has 0 saturated carbocycles. The van der Waals surface area contributed by atoms with Crippen LogP contribution in [0.3, 0.4) is 0 Å². The van der Waals surface area contributed by atoms with E-state index in [1.807, 2.05) is 31.2 Å². The molecule has 1 unspecified atom stereocenters. The first-order valence-electron chi connectivity index (χ1n) is 10.9. The average Bonchev–Trinajstić information content (AvgIpc) is 3.09. The van der Waals surface area contributed by atoms with Gasteiger partial charge in [0.25, 0.3) is 0 Å². The van der Waals surface area contributed by atoms with Gasteiger partial charge in [0, 0.05) is 23.6 Å². The van der Waals surface area contributed by atoms with Gasteiger partial charge in [0.2, 0.25) is 0 Å². The van der Waals surface area contributed by atoms with E-state index in [0.29, 0.717) is 21.6 Å². The monoisotopic (exact) mass is 511 g/mol. The fourth-order valence-electron chi connectivity index (χ4n) is 3.87. The molecule has 3 aromatic rings. The highest BCUT2D eigenvalue weighted by Crippen LogP contribution is 2.27. The summed E-state index contributed by atoms with van der Waals surface area (Å²) >= 11 is 5.88. The zero-order chi connectivity index (χ0) is 25.8. The molecule has 0 fully saturated rings. The zero-order valence-corrected chi connectivity index (χ0v) is 19.6. The Kier molecular flexibility index (Phi) is 8.52. The van der Waals surface area contributed by atoms with E-state index in [2.05, 4.69) is 5.10 Å². The first-order chi connectivity index (χ1) is 16.5. The number of nitrogens with zero attached hydrogens (tertiary/aromatic N) is 3. The first kappa shape index (κ1) is 26.7. The van der Waals surface area contributed by atoms with Gasteiger partial charge in [0.15, 0.2) is 17.7 Å². The molecule has 1 aromatic heterocycles. The SMILES string of the molecule is Cc1ccccc1C(CCO)CC(=O)Cn1nc(-c2ccc(Cl)cc2)n(C[C@H](O)C(F)(F)F)c1=O. The van der Waals surface area contributed by atoms with E-state index < -0.39 is 31.1 Å². The third-order valence-electron chi connectivity index (χ3n) is 5.66. The predicted octanol–water partition coefficient (Wildman–Crippen LogP) is 3.72. The van der Waals surface area contributed by atoms with Gasteiger partial charge in [-0.25, -0.2) is 9.48 Å². The van der Waals surface area contributed by atoms with Crippen molar-refractivity contribution >= 4 is 17.4 Å². The number of rotatable bonds is 10. The largest absolute Gasteiger partial charge is 0.416 e. The summed E-state index contributed by atoms with van der Waals surface area (Å²) in [5.74, 6) is -0.805. The lowest BCUT2D eigenvalue weighted by Gasteiger charge is -2.17. The van der Waals surface area contributed by atoms with Crippen molar-refractivity contribution in [1.29, 1.82) is 0 Å². The number of aryl methyl sites for hydroxylation is 1.